The number of rotatable bonds is 16. The fraction of sp³-hybridized carbons (Fsp3) is 0.523. The maximum absolute atomic E-state index is 14.3. The molecule has 3 heterocycles. The first-order valence-corrected chi connectivity index (χ1v) is 20.2. The van der Waals surface area contributed by atoms with Crippen molar-refractivity contribution in [3.05, 3.63) is 77.4 Å². The van der Waals surface area contributed by atoms with E-state index in [0.29, 0.717) is 93.0 Å². The van der Waals surface area contributed by atoms with Gasteiger partial charge in [0.1, 0.15) is 0 Å². The maximum Gasteiger partial charge on any atom is 0.320 e. The molecule has 314 valence electrons. The normalized spacial score (nSPS) is 19.9. The van der Waals surface area contributed by atoms with Crippen LogP contribution in [-0.4, -0.2) is 145 Å². The van der Waals surface area contributed by atoms with Crippen LogP contribution in [0.2, 0.25) is 0 Å². The Morgan fingerprint density at radius 1 is 0.672 bits per heavy atom. The second kappa shape index (κ2) is 19.1. The molecule has 14 nitrogen and oxygen atoms in total. The third-order valence-electron chi connectivity index (χ3n) is 12.2. The Balaban J connectivity index is 1.17. The van der Waals surface area contributed by atoms with Crippen molar-refractivity contribution in [2.75, 3.05) is 108 Å². The number of methoxy groups -OCH3 is 5. The summed E-state index contributed by atoms with van der Waals surface area (Å²) in [4.78, 5) is 47.0. The third-order valence-corrected chi connectivity index (χ3v) is 12.2. The van der Waals surface area contributed by atoms with E-state index in [2.05, 4.69) is 33.4 Å². The molecule has 3 aromatic carbocycles. The van der Waals surface area contributed by atoms with E-state index < -0.39 is 5.41 Å². The minimum absolute atomic E-state index is 0.00994. The Morgan fingerprint density at radius 2 is 1.33 bits per heavy atom. The Bertz CT molecular complexity index is 1850. The van der Waals surface area contributed by atoms with E-state index in [-0.39, 0.29) is 29.7 Å². The van der Waals surface area contributed by atoms with E-state index in [1.165, 1.54) is 0 Å². The zero-order valence-corrected chi connectivity index (χ0v) is 34.8. The summed E-state index contributed by atoms with van der Waals surface area (Å²) < 4.78 is 33.1. The molecule has 58 heavy (non-hydrogen) atoms. The van der Waals surface area contributed by atoms with Crippen LogP contribution in [0, 0.1) is 0 Å². The molecular weight excluding hydrogens is 743 g/mol. The molecule has 0 radical (unpaired) electrons. The number of likely N-dealkylation sites (tertiary alicyclic amines) is 2. The predicted octanol–water partition coefficient (Wildman–Crippen LogP) is 4.15. The summed E-state index contributed by atoms with van der Waals surface area (Å²) in [5.74, 6) is 2.25. The molecule has 3 aliphatic rings. The lowest BCUT2D eigenvalue weighted by Crippen LogP contribution is -2.59. The molecule has 3 aromatic rings. The number of piperidine rings is 1. The lowest BCUT2D eigenvalue weighted by Gasteiger charge is -2.43. The summed E-state index contributed by atoms with van der Waals surface area (Å²) in [7, 11) is 7.89. The molecule has 0 saturated carbocycles. The highest BCUT2D eigenvalue weighted by Crippen LogP contribution is 2.44. The first-order valence-electron chi connectivity index (χ1n) is 20.2. The largest absolute Gasteiger partial charge is 0.493 e. The lowest BCUT2D eigenvalue weighted by molar-refractivity contribution is -0.145. The van der Waals surface area contributed by atoms with Gasteiger partial charge in [0.05, 0.1) is 54.1 Å². The fourth-order valence-electron chi connectivity index (χ4n) is 8.78. The number of esters is 1. The van der Waals surface area contributed by atoms with Gasteiger partial charge in [0.25, 0.3) is 5.91 Å². The molecule has 1 atom stereocenters. The first kappa shape index (κ1) is 42.6. The van der Waals surface area contributed by atoms with Gasteiger partial charge in [-0.15, -0.1) is 0 Å². The van der Waals surface area contributed by atoms with Crippen molar-refractivity contribution >= 4 is 17.8 Å². The standard InChI is InChI=1S/C44H59N5O9/c1-7-58-39(50)30-47-23-25-49(26-24-47)45-42(52)44(33-11-9-8-10-12-33)17-20-46(21-18-44)19-15-43(34-13-14-35(53-2)36(29-34)54-3)16-22-48(31-43)41(51)32-27-37(55-4)40(57-6)38(28-32)56-5/h8-14,27-29H,7,15-26,30-31H2,1-6H3,(H,45,52). The molecule has 6 rings (SSSR count). The van der Waals surface area contributed by atoms with E-state index in [4.69, 9.17) is 28.4 Å². The number of carbonyl (C=O) groups is 3. The summed E-state index contributed by atoms with van der Waals surface area (Å²) in [5, 5.41) is 1.99. The monoisotopic (exact) mass is 801 g/mol. The lowest BCUT2D eigenvalue weighted by atomic mass is 9.71. The molecule has 3 saturated heterocycles. The summed E-state index contributed by atoms with van der Waals surface area (Å²) in [6.45, 7) is 8.36. The highest BCUT2D eigenvalue weighted by atomic mass is 16.5. The van der Waals surface area contributed by atoms with Gasteiger partial charge in [-0.25, -0.2) is 5.01 Å². The number of piperazine rings is 1. The van der Waals surface area contributed by atoms with Gasteiger partial charge >= 0.3 is 5.97 Å². The predicted molar refractivity (Wildman–Crippen MR) is 219 cm³/mol. The molecule has 0 aliphatic carbocycles. The molecule has 0 aromatic heterocycles. The smallest absolute Gasteiger partial charge is 0.320 e. The molecule has 1 unspecified atom stereocenters. The van der Waals surface area contributed by atoms with E-state index in [1.807, 2.05) is 47.2 Å². The van der Waals surface area contributed by atoms with Crippen molar-refractivity contribution in [1.29, 1.82) is 0 Å². The molecule has 3 fully saturated rings. The van der Waals surface area contributed by atoms with Gasteiger partial charge in [0.15, 0.2) is 23.0 Å². The van der Waals surface area contributed by atoms with Crippen molar-refractivity contribution in [2.24, 2.45) is 0 Å². The molecule has 2 amide bonds. The summed E-state index contributed by atoms with van der Waals surface area (Å²) in [5.41, 5.74) is 4.79. The number of nitrogens with one attached hydrogen (secondary N) is 1. The zero-order chi connectivity index (χ0) is 41.3. The van der Waals surface area contributed by atoms with Crippen LogP contribution < -0.4 is 29.1 Å². The van der Waals surface area contributed by atoms with Crippen molar-refractivity contribution in [2.45, 2.75) is 43.4 Å². The van der Waals surface area contributed by atoms with Gasteiger partial charge in [0, 0.05) is 50.2 Å². The average Bonchev–Trinajstić information content (AvgIpc) is 3.71. The van der Waals surface area contributed by atoms with E-state index >= 15 is 0 Å². The number of nitrogens with zero attached hydrogens (tertiary/aromatic N) is 4. The van der Waals surface area contributed by atoms with Crippen LogP contribution in [0.5, 0.6) is 28.7 Å². The van der Waals surface area contributed by atoms with Gasteiger partial charge < -0.3 is 38.2 Å². The maximum atomic E-state index is 14.3. The average molecular weight is 802 g/mol. The van der Waals surface area contributed by atoms with Gasteiger partial charge in [0.2, 0.25) is 11.7 Å². The van der Waals surface area contributed by atoms with Crippen LogP contribution in [0.1, 0.15) is 54.1 Å². The van der Waals surface area contributed by atoms with Gasteiger partial charge in [-0.1, -0.05) is 36.4 Å². The zero-order valence-electron chi connectivity index (χ0n) is 34.8. The first-order chi connectivity index (χ1) is 28.1. The highest BCUT2D eigenvalue weighted by molar-refractivity contribution is 5.96. The third kappa shape index (κ3) is 9.14. The van der Waals surface area contributed by atoms with Crippen molar-refractivity contribution in [3.63, 3.8) is 0 Å². The second-order valence-electron chi connectivity index (χ2n) is 15.3. The Morgan fingerprint density at radius 3 is 1.93 bits per heavy atom. The minimum atomic E-state index is -0.683. The number of hydrogen-bond donors (Lipinski definition) is 1. The van der Waals surface area contributed by atoms with Gasteiger partial charge in [-0.2, -0.15) is 0 Å². The Labute approximate surface area is 342 Å². The van der Waals surface area contributed by atoms with Crippen LogP contribution >= 0.6 is 0 Å². The minimum Gasteiger partial charge on any atom is -0.493 e. The quantitative estimate of drug-likeness (QED) is 0.209. The van der Waals surface area contributed by atoms with E-state index in [9.17, 15) is 14.4 Å². The van der Waals surface area contributed by atoms with Crippen LogP contribution in [0.25, 0.3) is 0 Å². The number of amides is 2. The van der Waals surface area contributed by atoms with Crippen LogP contribution in [0.4, 0.5) is 0 Å². The summed E-state index contributed by atoms with van der Waals surface area (Å²) >= 11 is 0. The number of benzene rings is 3. The molecular formula is C44H59N5O9. The molecule has 0 bridgehead atoms. The SMILES string of the molecule is CCOC(=O)CN1CCN(NC(=O)C2(c3ccccc3)CCN(CCC3(c4ccc(OC)c(OC)c4)CCN(C(=O)c4cc(OC)c(OC)c(OC)c4)C3)CC2)CC1. The van der Waals surface area contributed by atoms with Crippen molar-refractivity contribution in [1.82, 2.24) is 25.1 Å². The number of hydrazine groups is 1. The topological polar surface area (TPSA) is 132 Å². The van der Waals surface area contributed by atoms with Crippen molar-refractivity contribution < 1.29 is 42.8 Å². The van der Waals surface area contributed by atoms with Crippen LogP contribution in [-0.2, 0) is 25.2 Å². The van der Waals surface area contributed by atoms with E-state index in [0.717, 1.165) is 43.6 Å². The second-order valence-corrected chi connectivity index (χ2v) is 15.3. The highest BCUT2D eigenvalue weighted by Gasteiger charge is 2.46. The van der Waals surface area contributed by atoms with Crippen LogP contribution in [0.3, 0.4) is 0 Å². The summed E-state index contributed by atoms with van der Waals surface area (Å²) in [6, 6.07) is 19.6. The molecule has 1 N–H and O–H groups in total. The van der Waals surface area contributed by atoms with Crippen LogP contribution in [0.15, 0.2) is 60.7 Å². The van der Waals surface area contributed by atoms with Gasteiger partial charge in [-0.05, 0) is 87.6 Å². The van der Waals surface area contributed by atoms with E-state index in [1.54, 1.807) is 47.7 Å². The number of hydrogen-bond acceptors (Lipinski definition) is 12. The summed E-state index contributed by atoms with van der Waals surface area (Å²) in [6.07, 6.45) is 2.89. The fourth-order valence-corrected chi connectivity index (χ4v) is 8.78. The molecule has 3 aliphatic heterocycles. The Kier molecular flexibility index (Phi) is 14.0. The van der Waals surface area contributed by atoms with Gasteiger partial charge in [-0.3, -0.25) is 24.7 Å². The number of ether oxygens (including phenoxy) is 6. The molecule has 14 heteroatoms. The Hall–Kier alpha value is -5.05. The number of carbonyl (C=O) groups excluding carboxylic acids is 3. The van der Waals surface area contributed by atoms with Crippen molar-refractivity contribution in [3.8, 4) is 28.7 Å². The molecule has 0 spiro atoms.